The van der Waals surface area contributed by atoms with Crippen molar-refractivity contribution in [1.29, 1.82) is 0 Å². The number of allylic oxidation sites excluding steroid dienone is 9. The van der Waals surface area contributed by atoms with Gasteiger partial charge < -0.3 is 15.8 Å². The van der Waals surface area contributed by atoms with Gasteiger partial charge in [0, 0.05) is 28.4 Å². The first kappa shape index (κ1) is 18.9. The van der Waals surface area contributed by atoms with Gasteiger partial charge in [0.1, 0.15) is 5.76 Å². The van der Waals surface area contributed by atoms with Gasteiger partial charge in [0.2, 0.25) is 0 Å². The molecular formula is C22H29ClN2O. The van der Waals surface area contributed by atoms with E-state index in [1.165, 1.54) is 11.3 Å². The highest BCUT2D eigenvalue weighted by molar-refractivity contribution is 6.29. The Labute approximate surface area is 162 Å². The molecular weight excluding hydrogens is 344 g/mol. The summed E-state index contributed by atoms with van der Waals surface area (Å²) in [5.41, 5.74) is 9.79. The van der Waals surface area contributed by atoms with Gasteiger partial charge in [-0.2, -0.15) is 0 Å². The molecule has 0 aromatic heterocycles. The molecule has 26 heavy (non-hydrogen) atoms. The van der Waals surface area contributed by atoms with Crippen molar-refractivity contribution in [2.24, 2.45) is 11.7 Å². The van der Waals surface area contributed by atoms with Gasteiger partial charge in [-0.3, -0.25) is 0 Å². The van der Waals surface area contributed by atoms with Crippen LogP contribution in [0, 0.1) is 5.92 Å². The molecule has 3 aliphatic rings. The second kappa shape index (κ2) is 8.68. The molecule has 3 N–H and O–H groups in total. The highest BCUT2D eigenvalue weighted by Gasteiger charge is 2.22. The molecule has 0 radical (unpaired) electrons. The lowest BCUT2D eigenvalue weighted by Crippen LogP contribution is -2.32. The first-order chi connectivity index (χ1) is 12.5. The van der Waals surface area contributed by atoms with Crippen LogP contribution in [-0.4, -0.2) is 12.1 Å². The van der Waals surface area contributed by atoms with Crippen LogP contribution in [0.1, 0.15) is 46.0 Å². The Balaban J connectivity index is 1.62. The third-order valence-corrected chi connectivity index (χ3v) is 5.20. The molecule has 0 bridgehead atoms. The lowest BCUT2D eigenvalue weighted by molar-refractivity contribution is 0.155. The van der Waals surface area contributed by atoms with Crippen molar-refractivity contribution in [3.8, 4) is 0 Å². The van der Waals surface area contributed by atoms with Crippen molar-refractivity contribution in [3.05, 3.63) is 70.3 Å². The molecule has 0 aromatic carbocycles. The molecule has 0 aliphatic heterocycles. The summed E-state index contributed by atoms with van der Waals surface area (Å²) >= 11 is 6.09. The van der Waals surface area contributed by atoms with Gasteiger partial charge in [-0.1, -0.05) is 29.3 Å². The standard InChI is InChI=1S/C22H29ClN2O/c1-15(2)26-21-10-8-20(9-11-21)25-22-12-7-19(24)14-17(22)13-16-3-5-18(23)6-4-16/h3,5,7-8,10-12,15,17,20,25H,4,6,9,13-14,24H2,1-2H3. The van der Waals surface area contributed by atoms with Crippen LogP contribution in [0.25, 0.3) is 0 Å². The van der Waals surface area contributed by atoms with Gasteiger partial charge in [-0.15, -0.1) is 0 Å². The fraction of sp³-hybridized carbons (Fsp3) is 0.455. The number of nitrogens with two attached hydrogens (primary N) is 1. The van der Waals surface area contributed by atoms with Crippen LogP contribution in [0.5, 0.6) is 0 Å². The number of halogens is 1. The molecule has 3 nitrogen and oxygen atoms in total. The molecule has 3 rings (SSSR count). The minimum Gasteiger partial charge on any atom is -0.491 e. The van der Waals surface area contributed by atoms with Crippen molar-refractivity contribution >= 4 is 11.6 Å². The molecule has 2 atom stereocenters. The predicted octanol–water partition coefficient (Wildman–Crippen LogP) is 5.19. The topological polar surface area (TPSA) is 47.3 Å². The SMILES string of the molecule is CC(C)OC1=CCC(NC2=CC=C(N)CC2CC2=CC=C(Cl)CC2)C=C1. The summed E-state index contributed by atoms with van der Waals surface area (Å²) in [6, 6.07) is 0.297. The van der Waals surface area contributed by atoms with Crippen molar-refractivity contribution in [3.63, 3.8) is 0 Å². The molecule has 0 heterocycles. The summed E-state index contributed by atoms with van der Waals surface area (Å²) in [5.74, 6) is 1.37. The van der Waals surface area contributed by atoms with Crippen LogP contribution in [-0.2, 0) is 4.74 Å². The monoisotopic (exact) mass is 372 g/mol. The van der Waals surface area contributed by atoms with Gasteiger partial charge in [-0.25, -0.2) is 0 Å². The highest BCUT2D eigenvalue weighted by Crippen LogP contribution is 2.32. The number of rotatable bonds is 6. The summed E-state index contributed by atoms with van der Waals surface area (Å²) in [6.45, 7) is 4.10. The van der Waals surface area contributed by atoms with E-state index in [9.17, 15) is 0 Å². The molecule has 0 saturated carbocycles. The van der Waals surface area contributed by atoms with E-state index in [-0.39, 0.29) is 6.10 Å². The second-order valence-corrected chi connectivity index (χ2v) is 8.01. The summed E-state index contributed by atoms with van der Waals surface area (Å²) in [5, 5.41) is 4.65. The van der Waals surface area contributed by atoms with Gasteiger partial charge >= 0.3 is 0 Å². The number of hydrogen-bond donors (Lipinski definition) is 2. The van der Waals surface area contributed by atoms with Crippen LogP contribution >= 0.6 is 11.6 Å². The first-order valence-corrected chi connectivity index (χ1v) is 9.89. The molecule has 2 unspecified atom stereocenters. The quantitative estimate of drug-likeness (QED) is 0.674. The van der Waals surface area contributed by atoms with Crippen molar-refractivity contribution in [2.75, 3.05) is 0 Å². The molecule has 0 amide bonds. The number of hydrogen-bond acceptors (Lipinski definition) is 3. The predicted molar refractivity (Wildman–Crippen MR) is 109 cm³/mol. The van der Waals surface area contributed by atoms with E-state index in [2.05, 4.69) is 49.5 Å². The molecule has 140 valence electrons. The van der Waals surface area contributed by atoms with Crippen LogP contribution < -0.4 is 11.1 Å². The molecule has 0 saturated heterocycles. The van der Waals surface area contributed by atoms with Crippen LogP contribution in [0.2, 0.25) is 0 Å². The third kappa shape index (κ3) is 5.31. The average molecular weight is 373 g/mol. The summed E-state index contributed by atoms with van der Waals surface area (Å²) in [6.07, 6.45) is 19.9. The Morgan fingerprint density at radius 3 is 2.73 bits per heavy atom. The fourth-order valence-electron chi connectivity index (χ4n) is 3.57. The maximum absolute atomic E-state index is 6.11. The molecule has 0 fully saturated rings. The number of nitrogens with one attached hydrogen (secondary N) is 1. The van der Waals surface area contributed by atoms with Gasteiger partial charge in [0.25, 0.3) is 0 Å². The summed E-state index contributed by atoms with van der Waals surface area (Å²) in [7, 11) is 0. The zero-order valence-electron chi connectivity index (χ0n) is 15.7. The molecule has 0 aromatic rings. The van der Waals surface area contributed by atoms with Gasteiger partial charge in [0.05, 0.1) is 6.10 Å². The lowest BCUT2D eigenvalue weighted by atomic mass is 9.85. The second-order valence-electron chi connectivity index (χ2n) is 7.53. The summed E-state index contributed by atoms with van der Waals surface area (Å²) in [4.78, 5) is 0. The highest BCUT2D eigenvalue weighted by atomic mass is 35.5. The smallest absolute Gasteiger partial charge is 0.115 e. The fourth-order valence-corrected chi connectivity index (χ4v) is 3.72. The zero-order chi connectivity index (χ0) is 18.5. The van der Waals surface area contributed by atoms with Crippen LogP contribution in [0.4, 0.5) is 0 Å². The average Bonchev–Trinajstić information content (AvgIpc) is 2.60. The molecule has 3 aliphatic carbocycles. The van der Waals surface area contributed by atoms with E-state index < -0.39 is 0 Å². The van der Waals surface area contributed by atoms with E-state index in [1.54, 1.807) is 0 Å². The van der Waals surface area contributed by atoms with Gasteiger partial charge in [0.15, 0.2) is 0 Å². The van der Waals surface area contributed by atoms with E-state index in [0.29, 0.717) is 12.0 Å². The van der Waals surface area contributed by atoms with Crippen LogP contribution in [0.15, 0.2) is 70.3 Å². The van der Waals surface area contributed by atoms with Crippen molar-refractivity contribution in [1.82, 2.24) is 5.32 Å². The Morgan fingerprint density at radius 1 is 1.23 bits per heavy atom. The normalized spacial score (nSPS) is 25.8. The van der Waals surface area contributed by atoms with Crippen molar-refractivity contribution < 1.29 is 4.74 Å². The molecule has 4 heteroatoms. The molecule has 0 spiro atoms. The van der Waals surface area contributed by atoms with E-state index in [4.69, 9.17) is 22.1 Å². The zero-order valence-corrected chi connectivity index (χ0v) is 16.4. The van der Waals surface area contributed by atoms with E-state index >= 15 is 0 Å². The van der Waals surface area contributed by atoms with Crippen LogP contribution in [0.3, 0.4) is 0 Å². The minimum absolute atomic E-state index is 0.209. The maximum Gasteiger partial charge on any atom is 0.115 e. The minimum atomic E-state index is 0.209. The van der Waals surface area contributed by atoms with Gasteiger partial charge in [-0.05, 0) is 76.3 Å². The summed E-state index contributed by atoms with van der Waals surface area (Å²) < 4.78 is 5.76. The van der Waals surface area contributed by atoms with E-state index in [0.717, 1.165) is 48.6 Å². The Morgan fingerprint density at radius 2 is 2.08 bits per heavy atom. The lowest BCUT2D eigenvalue weighted by Gasteiger charge is -2.30. The first-order valence-electron chi connectivity index (χ1n) is 9.51. The largest absolute Gasteiger partial charge is 0.491 e. The Bertz CT molecular complexity index is 710. The number of ether oxygens (including phenoxy) is 1. The van der Waals surface area contributed by atoms with E-state index in [1.807, 2.05) is 12.2 Å². The maximum atomic E-state index is 6.11. The Kier molecular flexibility index (Phi) is 6.31. The third-order valence-electron chi connectivity index (χ3n) is 4.88. The van der Waals surface area contributed by atoms with Crippen molar-refractivity contribution in [2.45, 2.75) is 58.1 Å². The Hall–Kier alpha value is -1.87.